The van der Waals surface area contributed by atoms with Gasteiger partial charge >= 0.3 is 6.18 Å². The van der Waals surface area contributed by atoms with Crippen molar-refractivity contribution in [1.82, 2.24) is 19.8 Å². The molecule has 30 heavy (non-hydrogen) atoms. The van der Waals surface area contributed by atoms with Gasteiger partial charge in [0.05, 0.1) is 5.69 Å². The topological polar surface area (TPSA) is 76.2 Å². The number of hydrogen-bond donors (Lipinski definition) is 1. The Bertz CT molecular complexity index is 912. The van der Waals surface area contributed by atoms with Crippen LogP contribution in [0.5, 0.6) is 0 Å². The van der Waals surface area contributed by atoms with Crippen LogP contribution in [0, 0.1) is 12.8 Å². The summed E-state index contributed by atoms with van der Waals surface area (Å²) in [5.41, 5.74) is 0.839. The van der Waals surface area contributed by atoms with Crippen molar-refractivity contribution >= 4 is 11.7 Å². The summed E-state index contributed by atoms with van der Waals surface area (Å²) < 4.78 is 47.1. The maximum absolute atomic E-state index is 13.6. The Morgan fingerprint density at radius 1 is 1.27 bits per heavy atom. The summed E-state index contributed by atoms with van der Waals surface area (Å²) in [5, 5.41) is 11.2. The molecule has 1 amide bonds. The zero-order valence-electron chi connectivity index (χ0n) is 17.2. The van der Waals surface area contributed by atoms with Crippen molar-refractivity contribution in [2.45, 2.75) is 64.2 Å². The van der Waals surface area contributed by atoms with E-state index in [4.69, 9.17) is 4.52 Å². The van der Waals surface area contributed by atoms with Gasteiger partial charge in [-0.25, -0.2) is 4.68 Å². The van der Waals surface area contributed by atoms with Gasteiger partial charge in [0.1, 0.15) is 11.6 Å². The van der Waals surface area contributed by atoms with Crippen LogP contribution in [0.15, 0.2) is 16.7 Å². The van der Waals surface area contributed by atoms with Gasteiger partial charge in [0.2, 0.25) is 0 Å². The van der Waals surface area contributed by atoms with Crippen LogP contribution in [0.25, 0.3) is 0 Å². The van der Waals surface area contributed by atoms with Gasteiger partial charge in [0.25, 0.3) is 5.91 Å². The van der Waals surface area contributed by atoms with Gasteiger partial charge in [-0.2, -0.15) is 18.3 Å². The highest BCUT2D eigenvalue weighted by molar-refractivity contribution is 5.92. The third kappa shape index (κ3) is 3.91. The molecule has 0 aromatic carbocycles. The molecule has 0 unspecified atom stereocenters. The molecule has 7 nitrogen and oxygen atoms in total. The van der Waals surface area contributed by atoms with Crippen LogP contribution in [0.4, 0.5) is 19.0 Å². The second-order valence-electron chi connectivity index (χ2n) is 8.56. The lowest BCUT2D eigenvalue weighted by molar-refractivity contribution is -0.174. The number of nitrogens with zero attached hydrogens (tertiary/aromatic N) is 4. The Morgan fingerprint density at radius 2 is 1.97 bits per heavy atom. The number of likely N-dealkylation sites (tertiary alicyclic amines) is 1. The van der Waals surface area contributed by atoms with Gasteiger partial charge in [-0.3, -0.25) is 4.79 Å². The predicted molar refractivity (Wildman–Crippen MR) is 103 cm³/mol. The number of rotatable bonds is 3. The molecule has 1 fully saturated rings. The molecule has 2 aliphatic heterocycles. The standard InChI is InChI=1S/C20H26F3N5O2/c1-11(2)16-9-15(26-30-16)19(29)27-6-4-13(5-7-27)14-10-17(20(21,22)23)28-18(24-14)8-12(3)25-28/h8-9,11,13-14,17,24H,4-7,10H2,1-3H3/t14-,17+/m0/s1. The molecule has 0 saturated carbocycles. The molecule has 2 aromatic rings. The fourth-order valence-electron chi connectivity index (χ4n) is 4.36. The number of halogens is 3. The highest BCUT2D eigenvalue weighted by atomic mass is 19.4. The number of aryl methyl sites for hydroxylation is 1. The monoisotopic (exact) mass is 425 g/mol. The van der Waals surface area contributed by atoms with Crippen molar-refractivity contribution in [2.24, 2.45) is 5.92 Å². The summed E-state index contributed by atoms with van der Waals surface area (Å²) in [7, 11) is 0. The van der Waals surface area contributed by atoms with Crippen LogP contribution < -0.4 is 5.32 Å². The first-order valence-electron chi connectivity index (χ1n) is 10.3. The summed E-state index contributed by atoms with van der Waals surface area (Å²) in [4.78, 5) is 14.4. The van der Waals surface area contributed by atoms with Crippen molar-refractivity contribution in [2.75, 3.05) is 18.4 Å². The fraction of sp³-hybridized carbons (Fsp3) is 0.650. The van der Waals surface area contributed by atoms with E-state index in [1.165, 1.54) is 0 Å². The molecule has 0 radical (unpaired) electrons. The molecular formula is C20H26F3N5O2. The van der Waals surface area contributed by atoms with E-state index < -0.39 is 12.2 Å². The first kappa shape index (κ1) is 20.7. The predicted octanol–water partition coefficient (Wildman–Crippen LogP) is 4.14. The van der Waals surface area contributed by atoms with Crippen molar-refractivity contribution in [1.29, 1.82) is 0 Å². The Morgan fingerprint density at radius 3 is 2.57 bits per heavy atom. The lowest BCUT2D eigenvalue weighted by Crippen LogP contribution is -2.47. The summed E-state index contributed by atoms with van der Waals surface area (Å²) in [5.74, 6) is 1.06. The van der Waals surface area contributed by atoms with Gasteiger partial charge in [-0.15, -0.1) is 0 Å². The number of nitrogens with one attached hydrogen (secondary N) is 1. The SMILES string of the molecule is Cc1cc2n(n1)[C@@H](C(F)(F)F)C[C@@H](C1CCN(C(=O)c3cc(C(C)C)on3)CC1)N2. The maximum Gasteiger partial charge on any atom is 0.410 e. The van der Waals surface area contributed by atoms with Gasteiger partial charge in [0.15, 0.2) is 11.7 Å². The molecule has 1 N–H and O–H groups in total. The van der Waals surface area contributed by atoms with Crippen LogP contribution >= 0.6 is 0 Å². The van der Waals surface area contributed by atoms with Crippen LogP contribution in [-0.2, 0) is 0 Å². The lowest BCUT2D eigenvalue weighted by atomic mass is 9.84. The second-order valence-corrected chi connectivity index (χ2v) is 8.56. The molecule has 10 heteroatoms. The fourth-order valence-corrected chi connectivity index (χ4v) is 4.36. The van der Waals surface area contributed by atoms with E-state index in [1.54, 1.807) is 24.0 Å². The van der Waals surface area contributed by atoms with E-state index in [0.717, 1.165) is 4.68 Å². The number of piperidine rings is 1. The van der Waals surface area contributed by atoms with E-state index in [1.807, 2.05) is 13.8 Å². The molecule has 2 aromatic heterocycles. The number of anilines is 1. The van der Waals surface area contributed by atoms with Crippen LogP contribution in [0.3, 0.4) is 0 Å². The minimum Gasteiger partial charge on any atom is -0.367 e. The number of carbonyl (C=O) groups is 1. The number of carbonyl (C=O) groups excluding carboxylic acids is 1. The number of amides is 1. The summed E-state index contributed by atoms with van der Waals surface area (Å²) >= 11 is 0. The Balaban J connectivity index is 1.42. The van der Waals surface area contributed by atoms with Crippen molar-refractivity contribution in [3.8, 4) is 0 Å². The third-order valence-electron chi connectivity index (χ3n) is 6.05. The molecule has 0 bridgehead atoms. The Kier molecular flexibility index (Phi) is 5.27. The van der Waals surface area contributed by atoms with E-state index in [9.17, 15) is 18.0 Å². The minimum atomic E-state index is -4.36. The molecule has 4 rings (SSSR count). The second kappa shape index (κ2) is 7.63. The van der Waals surface area contributed by atoms with Crippen LogP contribution in [-0.4, -0.2) is 51.1 Å². The number of aromatic nitrogens is 3. The normalized spacial score (nSPS) is 22.8. The zero-order valence-corrected chi connectivity index (χ0v) is 17.2. The Labute approximate surface area is 172 Å². The van der Waals surface area contributed by atoms with Crippen LogP contribution in [0.1, 0.15) is 67.0 Å². The molecular weight excluding hydrogens is 399 g/mol. The summed E-state index contributed by atoms with van der Waals surface area (Å²) in [6.45, 7) is 6.58. The molecule has 0 aliphatic carbocycles. The molecule has 0 spiro atoms. The van der Waals surface area contributed by atoms with Gasteiger partial charge < -0.3 is 14.7 Å². The van der Waals surface area contributed by atoms with Crippen molar-refractivity contribution < 1.29 is 22.5 Å². The average molecular weight is 425 g/mol. The first-order valence-corrected chi connectivity index (χ1v) is 10.3. The molecule has 2 atom stereocenters. The summed E-state index contributed by atoms with van der Waals surface area (Å²) in [6.07, 6.45) is -3.14. The van der Waals surface area contributed by atoms with E-state index in [-0.39, 0.29) is 35.9 Å². The number of alkyl halides is 3. The highest BCUT2D eigenvalue weighted by Gasteiger charge is 2.47. The van der Waals surface area contributed by atoms with Gasteiger partial charge in [-0.1, -0.05) is 19.0 Å². The molecule has 1 saturated heterocycles. The lowest BCUT2D eigenvalue weighted by Gasteiger charge is -2.40. The minimum absolute atomic E-state index is 0.0476. The van der Waals surface area contributed by atoms with Crippen molar-refractivity contribution in [3.63, 3.8) is 0 Å². The first-order chi connectivity index (χ1) is 14.1. The Hall–Kier alpha value is -2.52. The van der Waals surface area contributed by atoms with Crippen molar-refractivity contribution in [3.05, 3.63) is 29.3 Å². The van der Waals surface area contributed by atoms with Gasteiger partial charge in [-0.05, 0) is 32.1 Å². The van der Waals surface area contributed by atoms with E-state index in [2.05, 4.69) is 15.6 Å². The zero-order chi connectivity index (χ0) is 21.6. The third-order valence-corrected chi connectivity index (χ3v) is 6.05. The van der Waals surface area contributed by atoms with Crippen LogP contribution in [0.2, 0.25) is 0 Å². The van der Waals surface area contributed by atoms with E-state index in [0.29, 0.717) is 43.2 Å². The average Bonchev–Trinajstić information content (AvgIpc) is 3.32. The molecule has 2 aliphatic rings. The quantitative estimate of drug-likeness (QED) is 0.800. The van der Waals surface area contributed by atoms with E-state index >= 15 is 0 Å². The van der Waals surface area contributed by atoms with Gasteiger partial charge in [0, 0.05) is 37.2 Å². The molecule has 164 valence electrons. The summed E-state index contributed by atoms with van der Waals surface area (Å²) in [6, 6.07) is 1.38. The molecule has 4 heterocycles. The maximum atomic E-state index is 13.6. The smallest absolute Gasteiger partial charge is 0.367 e. The largest absolute Gasteiger partial charge is 0.410 e. The highest BCUT2D eigenvalue weighted by Crippen LogP contribution is 2.42. The number of hydrogen-bond acceptors (Lipinski definition) is 5. The number of fused-ring (bicyclic) bond motifs is 1.